The molecular weight excluding hydrogens is 208 g/mol. The van der Waals surface area contributed by atoms with E-state index in [0.29, 0.717) is 5.56 Å². The van der Waals surface area contributed by atoms with Crippen LogP contribution in [0.25, 0.3) is 0 Å². The van der Waals surface area contributed by atoms with E-state index < -0.39 is 4.92 Å². The van der Waals surface area contributed by atoms with Gasteiger partial charge in [-0.05, 0) is 13.0 Å². The van der Waals surface area contributed by atoms with Crippen molar-refractivity contribution < 1.29 is 10.0 Å². The fourth-order valence-electron chi connectivity index (χ4n) is 1.59. The number of nitro benzene ring substituents is 1. The van der Waals surface area contributed by atoms with Gasteiger partial charge in [0.15, 0.2) is 0 Å². The molecule has 5 heteroatoms. The molecule has 0 saturated carbocycles. The molecule has 0 amide bonds. The van der Waals surface area contributed by atoms with Gasteiger partial charge in [0.1, 0.15) is 5.75 Å². The summed E-state index contributed by atoms with van der Waals surface area (Å²) >= 11 is 0. The molecule has 0 fully saturated rings. The second-order valence-corrected chi connectivity index (χ2v) is 4.04. The third kappa shape index (κ3) is 2.93. The highest BCUT2D eigenvalue weighted by atomic mass is 16.6. The zero-order valence-electron chi connectivity index (χ0n) is 9.60. The zero-order valence-corrected chi connectivity index (χ0v) is 9.60. The van der Waals surface area contributed by atoms with Crippen LogP contribution in [0.15, 0.2) is 18.2 Å². The number of benzene rings is 1. The second-order valence-electron chi connectivity index (χ2n) is 4.04. The lowest BCUT2D eigenvalue weighted by atomic mass is 10.1. The van der Waals surface area contributed by atoms with E-state index in [-0.39, 0.29) is 23.5 Å². The molecule has 0 saturated heterocycles. The standard InChI is InChI=1S/C11H16N2O3/c1-7(2)12-8(3)10-6-9(13(15)16)4-5-11(10)14/h4-8,12,14H,1-3H3. The number of nitrogens with zero attached hydrogens (tertiary/aromatic N) is 1. The third-order valence-corrected chi connectivity index (χ3v) is 2.27. The summed E-state index contributed by atoms with van der Waals surface area (Å²) in [4.78, 5) is 10.1. The first-order chi connectivity index (χ1) is 7.41. The van der Waals surface area contributed by atoms with Gasteiger partial charge in [-0.1, -0.05) is 13.8 Å². The van der Waals surface area contributed by atoms with Crippen LogP contribution in [0, 0.1) is 10.1 Å². The fourth-order valence-corrected chi connectivity index (χ4v) is 1.59. The van der Waals surface area contributed by atoms with E-state index >= 15 is 0 Å². The van der Waals surface area contributed by atoms with Gasteiger partial charge >= 0.3 is 0 Å². The monoisotopic (exact) mass is 224 g/mol. The Morgan fingerprint density at radius 2 is 2.00 bits per heavy atom. The van der Waals surface area contributed by atoms with Crippen LogP contribution < -0.4 is 5.32 Å². The van der Waals surface area contributed by atoms with Crippen molar-refractivity contribution >= 4 is 5.69 Å². The van der Waals surface area contributed by atoms with Gasteiger partial charge in [-0.2, -0.15) is 0 Å². The quantitative estimate of drug-likeness (QED) is 0.608. The van der Waals surface area contributed by atoms with Crippen molar-refractivity contribution in [2.24, 2.45) is 0 Å². The van der Waals surface area contributed by atoms with E-state index in [4.69, 9.17) is 0 Å². The topological polar surface area (TPSA) is 75.4 Å². The van der Waals surface area contributed by atoms with Gasteiger partial charge in [0.05, 0.1) is 4.92 Å². The first-order valence-electron chi connectivity index (χ1n) is 5.15. The highest BCUT2D eigenvalue weighted by Crippen LogP contribution is 2.28. The summed E-state index contributed by atoms with van der Waals surface area (Å²) in [7, 11) is 0. The molecule has 1 unspecified atom stereocenters. The number of nitro groups is 1. The number of hydrogen-bond donors (Lipinski definition) is 2. The lowest BCUT2D eigenvalue weighted by molar-refractivity contribution is -0.385. The molecule has 5 nitrogen and oxygen atoms in total. The number of aromatic hydroxyl groups is 1. The Bertz CT molecular complexity index is 391. The van der Waals surface area contributed by atoms with Gasteiger partial charge in [-0.25, -0.2) is 0 Å². The normalized spacial score (nSPS) is 12.8. The van der Waals surface area contributed by atoms with Crippen LogP contribution in [-0.4, -0.2) is 16.1 Å². The van der Waals surface area contributed by atoms with Crippen LogP contribution in [0.5, 0.6) is 5.75 Å². The average molecular weight is 224 g/mol. The van der Waals surface area contributed by atoms with Crippen LogP contribution in [0.2, 0.25) is 0 Å². The van der Waals surface area contributed by atoms with E-state index in [2.05, 4.69) is 5.32 Å². The van der Waals surface area contributed by atoms with Crippen LogP contribution in [0.1, 0.15) is 32.4 Å². The smallest absolute Gasteiger partial charge is 0.270 e. The first kappa shape index (κ1) is 12.4. The molecule has 0 aliphatic rings. The van der Waals surface area contributed by atoms with E-state index in [1.165, 1.54) is 18.2 Å². The average Bonchev–Trinajstić information content (AvgIpc) is 2.16. The summed E-state index contributed by atoms with van der Waals surface area (Å²) in [6, 6.07) is 4.16. The number of phenols is 1. The third-order valence-electron chi connectivity index (χ3n) is 2.27. The summed E-state index contributed by atoms with van der Waals surface area (Å²) in [6.45, 7) is 5.81. The number of non-ortho nitro benzene ring substituents is 1. The van der Waals surface area contributed by atoms with Crippen molar-refractivity contribution in [1.82, 2.24) is 5.32 Å². The molecule has 1 atom stereocenters. The van der Waals surface area contributed by atoms with Crippen LogP contribution >= 0.6 is 0 Å². The molecule has 1 aromatic carbocycles. The lowest BCUT2D eigenvalue weighted by Crippen LogP contribution is -2.26. The summed E-state index contributed by atoms with van der Waals surface area (Å²) in [5.74, 6) is 0.0752. The van der Waals surface area contributed by atoms with E-state index in [9.17, 15) is 15.2 Å². The van der Waals surface area contributed by atoms with Crippen LogP contribution in [0.4, 0.5) is 5.69 Å². The van der Waals surface area contributed by atoms with Gasteiger partial charge < -0.3 is 10.4 Å². The minimum Gasteiger partial charge on any atom is -0.508 e. The Hall–Kier alpha value is -1.62. The molecule has 0 aliphatic carbocycles. The maximum atomic E-state index is 10.6. The van der Waals surface area contributed by atoms with Crippen molar-refractivity contribution in [2.75, 3.05) is 0 Å². The lowest BCUT2D eigenvalue weighted by Gasteiger charge is -2.17. The summed E-state index contributed by atoms with van der Waals surface area (Å²) in [5.41, 5.74) is 0.535. The van der Waals surface area contributed by atoms with E-state index in [1.54, 1.807) is 0 Å². The molecule has 0 bridgehead atoms. The Morgan fingerprint density at radius 1 is 1.38 bits per heavy atom. The van der Waals surface area contributed by atoms with Gasteiger partial charge in [0, 0.05) is 29.8 Å². The SMILES string of the molecule is CC(C)NC(C)c1cc([N+](=O)[O-])ccc1O. The Kier molecular flexibility index (Phi) is 3.84. The highest BCUT2D eigenvalue weighted by molar-refractivity contribution is 5.44. The van der Waals surface area contributed by atoms with Crippen LogP contribution in [-0.2, 0) is 0 Å². The molecular formula is C11H16N2O3. The molecule has 2 N–H and O–H groups in total. The van der Waals surface area contributed by atoms with Crippen molar-refractivity contribution in [3.63, 3.8) is 0 Å². The highest BCUT2D eigenvalue weighted by Gasteiger charge is 2.15. The van der Waals surface area contributed by atoms with Gasteiger partial charge in [0.2, 0.25) is 0 Å². The van der Waals surface area contributed by atoms with Crippen molar-refractivity contribution in [3.05, 3.63) is 33.9 Å². The predicted molar refractivity (Wildman–Crippen MR) is 61.4 cm³/mol. The second kappa shape index (κ2) is 4.94. The van der Waals surface area contributed by atoms with Crippen molar-refractivity contribution in [1.29, 1.82) is 0 Å². The van der Waals surface area contributed by atoms with E-state index in [0.717, 1.165) is 0 Å². The molecule has 0 aliphatic heterocycles. The molecule has 0 radical (unpaired) electrons. The maximum Gasteiger partial charge on any atom is 0.270 e. The number of nitrogens with one attached hydrogen (secondary N) is 1. The van der Waals surface area contributed by atoms with E-state index in [1.807, 2.05) is 20.8 Å². The van der Waals surface area contributed by atoms with Gasteiger partial charge in [0.25, 0.3) is 5.69 Å². The molecule has 0 heterocycles. The number of hydrogen-bond acceptors (Lipinski definition) is 4. The molecule has 0 aromatic heterocycles. The maximum absolute atomic E-state index is 10.6. The molecule has 16 heavy (non-hydrogen) atoms. The minimum atomic E-state index is -0.467. The van der Waals surface area contributed by atoms with Crippen molar-refractivity contribution in [3.8, 4) is 5.75 Å². The minimum absolute atomic E-state index is 0.00907. The Morgan fingerprint density at radius 3 is 2.50 bits per heavy atom. The predicted octanol–water partition coefficient (Wildman–Crippen LogP) is 2.36. The largest absolute Gasteiger partial charge is 0.508 e. The zero-order chi connectivity index (χ0) is 12.3. The number of phenolic OH excluding ortho intramolecular Hbond substituents is 1. The van der Waals surface area contributed by atoms with Crippen molar-refractivity contribution in [2.45, 2.75) is 32.9 Å². The number of rotatable bonds is 4. The first-order valence-corrected chi connectivity index (χ1v) is 5.15. The molecule has 88 valence electrons. The summed E-state index contributed by atoms with van der Waals surface area (Å²) in [6.07, 6.45) is 0. The molecule has 1 aromatic rings. The van der Waals surface area contributed by atoms with Crippen LogP contribution in [0.3, 0.4) is 0 Å². The summed E-state index contributed by atoms with van der Waals surface area (Å²) < 4.78 is 0. The van der Waals surface area contributed by atoms with Gasteiger partial charge in [-0.3, -0.25) is 10.1 Å². The molecule has 0 spiro atoms. The fraction of sp³-hybridized carbons (Fsp3) is 0.455. The summed E-state index contributed by atoms with van der Waals surface area (Å²) in [5, 5.41) is 23.4. The van der Waals surface area contributed by atoms with Gasteiger partial charge in [-0.15, -0.1) is 0 Å². The molecule has 1 rings (SSSR count). The Labute approximate surface area is 94.3 Å². The Balaban J connectivity index is 3.02.